The lowest BCUT2D eigenvalue weighted by molar-refractivity contribution is -0.0201. The fourth-order valence-electron chi connectivity index (χ4n) is 3.65. The van der Waals surface area contributed by atoms with E-state index >= 15 is 0 Å². The van der Waals surface area contributed by atoms with Gasteiger partial charge in [0.25, 0.3) is 5.92 Å². The SMILES string of the molecule is CN1CC(n2c(CN=CNN)nc3cnc4ccc(Cl)cc4c32)C(F)(F)C1. The van der Waals surface area contributed by atoms with Crippen LogP contribution in [0.5, 0.6) is 0 Å². The van der Waals surface area contributed by atoms with Crippen molar-refractivity contribution in [1.82, 2.24) is 24.9 Å². The highest BCUT2D eigenvalue weighted by Gasteiger charge is 2.49. The van der Waals surface area contributed by atoms with Gasteiger partial charge in [-0.2, -0.15) is 0 Å². The predicted octanol–water partition coefficient (Wildman–Crippen LogP) is 2.35. The van der Waals surface area contributed by atoms with Gasteiger partial charge in [0.2, 0.25) is 0 Å². The number of benzene rings is 1. The summed E-state index contributed by atoms with van der Waals surface area (Å²) < 4.78 is 31.2. The topological polar surface area (TPSA) is 84.4 Å². The molecule has 142 valence electrons. The van der Waals surface area contributed by atoms with Crippen LogP contribution in [-0.4, -0.2) is 51.8 Å². The zero-order chi connectivity index (χ0) is 19.2. The number of hydrazine groups is 1. The summed E-state index contributed by atoms with van der Waals surface area (Å²) in [5, 5.41) is 1.19. The molecule has 0 spiro atoms. The predicted molar refractivity (Wildman–Crippen MR) is 101 cm³/mol. The molecule has 0 amide bonds. The number of hydrogen-bond donors (Lipinski definition) is 2. The second kappa shape index (κ2) is 6.66. The van der Waals surface area contributed by atoms with Gasteiger partial charge in [-0.05, 0) is 25.2 Å². The first kappa shape index (κ1) is 18.0. The lowest BCUT2D eigenvalue weighted by atomic mass is 10.1. The summed E-state index contributed by atoms with van der Waals surface area (Å²) in [7, 11) is 1.68. The molecule has 2 aromatic heterocycles. The van der Waals surface area contributed by atoms with Crippen molar-refractivity contribution in [3.05, 3.63) is 35.2 Å². The molecule has 1 saturated heterocycles. The van der Waals surface area contributed by atoms with Crippen LogP contribution in [0.1, 0.15) is 11.9 Å². The summed E-state index contributed by atoms with van der Waals surface area (Å²) >= 11 is 6.16. The van der Waals surface area contributed by atoms with Gasteiger partial charge in [-0.1, -0.05) is 11.6 Å². The van der Waals surface area contributed by atoms with E-state index in [2.05, 4.69) is 20.4 Å². The molecule has 1 unspecified atom stereocenters. The number of aliphatic imine (C=N–C) groups is 1. The Balaban J connectivity index is 2.01. The maximum atomic E-state index is 14.8. The number of aromatic nitrogens is 3. The number of nitrogens with two attached hydrogens (primary N) is 1. The number of rotatable bonds is 4. The molecule has 3 heterocycles. The zero-order valence-electron chi connectivity index (χ0n) is 14.5. The Morgan fingerprint density at radius 1 is 1.44 bits per heavy atom. The molecule has 1 fully saturated rings. The number of alkyl halides is 2. The van der Waals surface area contributed by atoms with Gasteiger partial charge in [-0.3, -0.25) is 14.9 Å². The first-order chi connectivity index (χ1) is 12.9. The molecule has 3 aromatic rings. The lowest BCUT2D eigenvalue weighted by Crippen LogP contribution is -2.30. The van der Waals surface area contributed by atoms with Gasteiger partial charge in [-0.15, -0.1) is 0 Å². The first-order valence-corrected chi connectivity index (χ1v) is 8.74. The Hall–Kier alpha value is -2.36. The van der Waals surface area contributed by atoms with E-state index in [0.717, 1.165) is 0 Å². The van der Waals surface area contributed by atoms with Gasteiger partial charge in [-0.25, -0.2) is 19.6 Å². The number of imidazole rings is 1. The molecular formula is C17H18ClF2N7. The number of hydrogen-bond acceptors (Lipinski definition) is 5. The van der Waals surface area contributed by atoms with Crippen molar-refractivity contribution in [2.45, 2.75) is 18.5 Å². The largest absolute Gasteiger partial charge is 0.315 e. The van der Waals surface area contributed by atoms with Crippen molar-refractivity contribution in [2.75, 3.05) is 20.1 Å². The molecule has 1 aromatic carbocycles. The van der Waals surface area contributed by atoms with Crippen LogP contribution in [0.3, 0.4) is 0 Å². The molecule has 0 radical (unpaired) electrons. The van der Waals surface area contributed by atoms with Gasteiger partial charge in [0.1, 0.15) is 17.4 Å². The maximum Gasteiger partial charge on any atom is 0.282 e. The van der Waals surface area contributed by atoms with Crippen molar-refractivity contribution in [2.24, 2.45) is 10.8 Å². The van der Waals surface area contributed by atoms with E-state index < -0.39 is 12.0 Å². The van der Waals surface area contributed by atoms with Crippen molar-refractivity contribution in [3.8, 4) is 0 Å². The van der Waals surface area contributed by atoms with Crippen molar-refractivity contribution < 1.29 is 8.78 Å². The van der Waals surface area contributed by atoms with Gasteiger partial charge in [0.05, 0.1) is 36.7 Å². The highest BCUT2D eigenvalue weighted by atomic mass is 35.5. The quantitative estimate of drug-likeness (QED) is 0.307. The zero-order valence-corrected chi connectivity index (χ0v) is 15.3. The van der Waals surface area contributed by atoms with Crippen LogP contribution < -0.4 is 11.3 Å². The van der Waals surface area contributed by atoms with Crippen LogP contribution in [0.2, 0.25) is 5.02 Å². The summed E-state index contributed by atoms with van der Waals surface area (Å²) in [5.41, 5.74) is 4.09. The third-order valence-corrected chi connectivity index (χ3v) is 4.95. The molecule has 0 saturated carbocycles. The highest BCUT2D eigenvalue weighted by Crippen LogP contribution is 2.40. The van der Waals surface area contributed by atoms with E-state index in [1.165, 1.54) is 6.34 Å². The van der Waals surface area contributed by atoms with Gasteiger partial charge in [0, 0.05) is 17.0 Å². The lowest BCUT2D eigenvalue weighted by Gasteiger charge is -2.22. The summed E-state index contributed by atoms with van der Waals surface area (Å²) in [6.45, 7) is 0.000103. The number of likely N-dealkylation sites (N-methyl/N-ethyl adjacent to an activating group) is 1. The van der Waals surface area contributed by atoms with Crippen molar-refractivity contribution in [1.29, 1.82) is 0 Å². The highest BCUT2D eigenvalue weighted by molar-refractivity contribution is 6.31. The normalized spacial score (nSPS) is 20.3. The van der Waals surface area contributed by atoms with Gasteiger partial charge >= 0.3 is 0 Å². The standard InChI is InChI=1S/C17H18ClF2N7/c1-26-7-14(17(19,20)8-26)27-15(6-22-9-24-21)25-13-5-23-12-3-2-10(18)4-11(12)16(13)27/h2-5,9,14H,6-8,21H2,1H3,(H,22,24). The van der Waals surface area contributed by atoms with Crippen LogP contribution in [0.25, 0.3) is 21.9 Å². The van der Waals surface area contributed by atoms with E-state index in [0.29, 0.717) is 32.8 Å². The number of nitrogens with one attached hydrogen (secondary N) is 1. The third kappa shape index (κ3) is 3.11. The second-order valence-corrected chi connectivity index (χ2v) is 7.10. The molecule has 0 bridgehead atoms. The maximum absolute atomic E-state index is 14.8. The molecule has 0 aliphatic carbocycles. The number of halogens is 3. The monoisotopic (exact) mass is 393 g/mol. The van der Waals surface area contributed by atoms with Gasteiger partial charge in [0.15, 0.2) is 0 Å². The summed E-state index contributed by atoms with van der Waals surface area (Å²) in [6.07, 6.45) is 2.89. The fraction of sp³-hybridized carbons (Fsp3) is 0.353. The number of pyridine rings is 1. The molecule has 1 aliphatic rings. The molecule has 3 N–H and O–H groups in total. The van der Waals surface area contributed by atoms with Crippen molar-refractivity contribution >= 4 is 39.9 Å². The molecule has 1 atom stereocenters. The summed E-state index contributed by atoms with van der Waals surface area (Å²) in [5.74, 6) is 2.72. The first-order valence-electron chi connectivity index (χ1n) is 8.36. The van der Waals surface area contributed by atoms with Crippen LogP contribution in [0.15, 0.2) is 29.4 Å². The van der Waals surface area contributed by atoms with E-state index in [4.69, 9.17) is 17.4 Å². The molecule has 10 heteroatoms. The Labute approximate surface area is 158 Å². The van der Waals surface area contributed by atoms with Crippen LogP contribution >= 0.6 is 11.6 Å². The minimum atomic E-state index is -2.90. The second-order valence-electron chi connectivity index (χ2n) is 6.66. The van der Waals surface area contributed by atoms with Crippen LogP contribution in [0, 0.1) is 0 Å². The smallest absolute Gasteiger partial charge is 0.282 e. The van der Waals surface area contributed by atoms with E-state index in [1.807, 2.05) is 0 Å². The summed E-state index contributed by atoms with van der Waals surface area (Å²) in [6, 6.07) is 4.16. The fourth-order valence-corrected chi connectivity index (χ4v) is 3.83. The third-order valence-electron chi connectivity index (χ3n) is 4.71. The molecule has 1 aliphatic heterocycles. The molecule has 7 nitrogen and oxygen atoms in total. The van der Waals surface area contributed by atoms with E-state index in [1.54, 1.807) is 40.9 Å². The van der Waals surface area contributed by atoms with E-state index in [-0.39, 0.29) is 19.6 Å². The average Bonchev–Trinajstić information content (AvgIpc) is 3.10. The number of nitrogens with zero attached hydrogens (tertiary/aromatic N) is 5. The molecule has 27 heavy (non-hydrogen) atoms. The van der Waals surface area contributed by atoms with Crippen LogP contribution in [0.4, 0.5) is 8.78 Å². The molecule has 4 rings (SSSR count). The molecular weight excluding hydrogens is 376 g/mol. The Morgan fingerprint density at radius 2 is 2.26 bits per heavy atom. The van der Waals surface area contributed by atoms with Crippen LogP contribution in [-0.2, 0) is 6.54 Å². The van der Waals surface area contributed by atoms with E-state index in [9.17, 15) is 8.78 Å². The van der Waals surface area contributed by atoms with Gasteiger partial charge < -0.3 is 9.99 Å². The Morgan fingerprint density at radius 3 is 2.96 bits per heavy atom. The number of fused-ring (bicyclic) bond motifs is 3. The van der Waals surface area contributed by atoms with Crippen molar-refractivity contribution in [3.63, 3.8) is 0 Å². The minimum Gasteiger partial charge on any atom is -0.315 e. The average molecular weight is 394 g/mol. The minimum absolute atomic E-state index is 0.108. The Kier molecular flexibility index (Phi) is 4.45. The Bertz CT molecular complexity index is 1030. The number of likely N-dealkylation sites (tertiary alicyclic amines) is 1. The summed E-state index contributed by atoms with van der Waals surface area (Å²) in [4.78, 5) is 14.6.